The minimum absolute atomic E-state index is 0. The van der Waals surface area contributed by atoms with Crippen molar-refractivity contribution in [1.29, 1.82) is 0 Å². The Labute approximate surface area is 191 Å². The Hall–Kier alpha value is -0.628. The van der Waals surface area contributed by atoms with E-state index in [0.717, 1.165) is 18.9 Å². The van der Waals surface area contributed by atoms with Crippen LogP contribution in [0.2, 0.25) is 0 Å². The van der Waals surface area contributed by atoms with Crippen LogP contribution in [0.5, 0.6) is 0 Å². The van der Waals surface area contributed by atoms with Gasteiger partial charge < -0.3 is 21.8 Å². The van der Waals surface area contributed by atoms with Crippen molar-refractivity contribution in [3.63, 3.8) is 0 Å². The molecule has 0 fully saturated rings. The smallest absolute Gasteiger partial charge is 0.652 e. The third-order valence-corrected chi connectivity index (χ3v) is 3.03. The third kappa shape index (κ3) is 23.3. The van der Waals surface area contributed by atoms with Gasteiger partial charge in [0.05, 0.1) is 5.91 Å². The largest absolute Gasteiger partial charge is 2.00 e. The van der Waals surface area contributed by atoms with Gasteiger partial charge in [0.1, 0.15) is 0 Å². The Bertz CT molecular complexity index is 437. The average Bonchev–Trinajstić information content (AvgIpc) is 2.67. The Morgan fingerprint density at radius 3 is 2.07 bits per heavy atom. The topological polar surface area (TPSA) is 57.5 Å². The van der Waals surface area contributed by atoms with Gasteiger partial charge in [0.2, 0.25) is 0 Å². The van der Waals surface area contributed by atoms with Crippen molar-refractivity contribution in [2.45, 2.75) is 60.3 Å². The standard InChI is InChI=1S/C9H9NO2.C7H16O.C3H8.C3H7.U/c1-10-9(12)8-5-3-2-4-7(8)6-11;1-4-7(2)5-6-8-3;2*1-3-2;/h2-6H,1H3,(H,10,12);7H,4-6H2,1-3H3;3H2,1-2H3;1,3H2,2H3;/q;;;-1;+2/p-1. The summed E-state index contributed by atoms with van der Waals surface area (Å²) in [5, 5.41) is 3.47. The second kappa shape index (κ2) is 27.6. The van der Waals surface area contributed by atoms with E-state index in [9.17, 15) is 9.59 Å². The van der Waals surface area contributed by atoms with Gasteiger partial charge in [-0.15, -0.1) is 7.05 Å². The van der Waals surface area contributed by atoms with E-state index in [0.29, 0.717) is 17.4 Å². The molecular formula is C22H39NO3U. The molecule has 1 unspecified atom stereocenters. The van der Waals surface area contributed by atoms with E-state index in [4.69, 9.17) is 4.74 Å². The molecule has 0 N–H and O–H groups in total. The van der Waals surface area contributed by atoms with Crippen LogP contribution in [0.15, 0.2) is 24.3 Å². The summed E-state index contributed by atoms with van der Waals surface area (Å²) in [6, 6.07) is 6.58. The zero-order valence-corrected chi connectivity index (χ0v) is 22.5. The summed E-state index contributed by atoms with van der Waals surface area (Å²) in [6.07, 6.45) is 5.37. The number of methoxy groups -OCH3 is 1. The number of hydrogen-bond donors (Lipinski definition) is 0. The van der Waals surface area contributed by atoms with E-state index in [1.807, 2.05) is 6.92 Å². The van der Waals surface area contributed by atoms with Crippen molar-refractivity contribution < 1.29 is 45.4 Å². The van der Waals surface area contributed by atoms with Crippen molar-refractivity contribution in [3.8, 4) is 0 Å². The van der Waals surface area contributed by atoms with Crippen LogP contribution in [0.3, 0.4) is 0 Å². The van der Waals surface area contributed by atoms with Crippen molar-refractivity contribution in [3.05, 3.63) is 47.6 Å². The zero-order chi connectivity index (χ0) is 20.8. The predicted octanol–water partition coefficient (Wildman–Crippen LogP) is 6.36. The summed E-state index contributed by atoms with van der Waals surface area (Å²) in [6.45, 7) is 15.1. The summed E-state index contributed by atoms with van der Waals surface area (Å²) in [7, 11) is 3.16. The average molecular weight is 604 g/mol. The van der Waals surface area contributed by atoms with E-state index in [1.165, 1.54) is 26.3 Å². The fraction of sp³-hybridized carbons (Fsp3) is 0.591. The SMILES string of the molecule is CCC.CCC(C)CCOC.C[N-]C(=O)c1ccccc1C=O.[CH2-]CC.[U+2]. The molecule has 0 aliphatic rings. The van der Waals surface area contributed by atoms with Gasteiger partial charge in [-0.1, -0.05) is 71.7 Å². The van der Waals surface area contributed by atoms with Crippen molar-refractivity contribution in [2.24, 2.45) is 5.92 Å². The molecular weight excluding hydrogens is 564 g/mol. The monoisotopic (exact) mass is 603 g/mol. The Kier molecular flexibility index (Phi) is 34.7. The van der Waals surface area contributed by atoms with Crippen molar-refractivity contribution in [2.75, 3.05) is 20.8 Å². The molecule has 4 nitrogen and oxygen atoms in total. The summed E-state index contributed by atoms with van der Waals surface area (Å²) in [5.41, 5.74) is 0.739. The zero-order valence-electron chi connectivity index (χ0n) is 18.4. The van der Waals surface area contributed by atoms with E-state index in [1.54, 1.807) is 31.4 Å². The van der Waals surface area contributed by atoms with Crippen LogP contribution in [-0.4, -0.2) is 33.0 Å². The Morgan fingerprint density at radius 2 is 1.70 bits per heavy atom. The number of amides is 1. The molecule has 0 radical (unpaired) electrons. The van der Waals surface area contributed by atoms with Gasteiger partial charge in [0.25, 0.3) is 0 Å². The summed E-state index contributed by atoms with van der Waals surface area (Å²) in [4.78, 5) is 21.5. The normalized spacial score (nSPS) is 9.48. The van der Waals surface area contributed by atoms with Crippen LogP contribution in [0, 0.1) is 44.0 Å². The maximum atomic E-state index is 11.1. The number of carbonyl (C=O) groups is 2. The summed E-state index contributed by atoms with van der Waals surface area (Å²) < 4.78 is 4.91. The van der Waals surface area contributed by atoms with Crippen LogP contribution >= 0.6 is 0 Å². The minimum atomic E-state index is -0.363. The molecule has 1 atom stereocenters. The van der Waals surface area contributed by atoms with Gasteiger partial charge in [-0.3, -0.25) is 4.79 Å². The van der Waals surface area contributed by atoms with Gasteiger partial charge in [0, 0.05) is 24.8 Å². The number of nitrogens with zero attached hydrogens (tertiary/aromatic N) is 1. The fourth-order valence-electron chi connectivity index (χ4n) is 1.44. The minimum Gasteiger partial charge on any atom is -0.652 e. The molecule has 1 aromatic rings. The first-order valence-corrected chi connectivity index (χ1v) is 9.40. The second-order valence-electron chi connectivity index (χ2n) is 5.74. The van der Waals surface area contributed by atoms with Gasteiger partial charge >= 0.3 is 31.1 Å². The molecule has 0 aliphatic carbocycles. The number of hydrogen-bond acceptors (Lipinski definition) is 3. The number of carbonyl (C=O) groups excluding carboxylic acids is 2. The summed E-state index contributed by atoms with van der Waals surface area (Å²) in [5.74, 6) is 0.465. The first-order valence-electron chi connectivity index (χ1n) is 9.40. The van der Waals surface area contributed by atoms with Crippen LogP contribution in [-0.2, 0) is 4.74 Å². The molecule has 0 aromatic heterocycles. The molecule has 5 heteroatoms. The van der Waals surface area contributed by atoms with Crippen molar-refractivity contribution in [1.82, 2.24) is 0 Å². The molecule has 1 amide bonds. The van der Waals surface area contributed by atoms with E-state index < -0.39 is 0 Å². The Balaban J connectivity index is -0.000000154. The van der Waals surface area contributed by atoms with Crippen LogP contribution in [0.1, 0.15) is 81.0 Å². The van der Waals surface area contributed by atoms with E-state index in [2.05, 4.69) is 39.9 Å². The van der Waals surface area contributed by atoms with Crippen LogP contribution < -0.4 is 0 Å². The second-order valence-corrected chi connectivity index (χ2v) is 5.74. The molecule has 154 valence electrons. The number of benzene rings is 1. The molecule has 0 bridgehead atoms. The molecule has 0 saturated heterocycles. The first-order chi connectivity index (χ1) is 12.4. The van der Waals surface area contributed by atoms with Gasteiger partial charge in [0.15, 0.2) is 6.29 Å². The van der Waals surface area contributed by atoms with Crippen LogP contribution in [0.25, 0.3) is 5.32 Å². The molecule has 0 aliphatic heterocycles. The molecule has 1 rings (SSSR count). The van der Waals surface area contributed by atoms with Crippen molar-refractivity contribution >= 4 is 12.2 Å². The molecule has 1 aromatic carbocycles. The van der Waals surface area contributed by atoms with Crippen LogP contribution in [0.4, 0.5) is 0 Å². The summed E-state index contributed by atoms with van der Waals surface area (Å²) >= 11 is 0. The predicted molar refractivity (Wildman–Crippen MR) is 113 cm³/mol. The fourth-order valence-corrected chi connectivity index (χ4v) is 1.44. The van der Waals surface area contributed by atoms with E-state index in [-0.39, 0.29) is 37.0 Å². The maximum absolute atomic E-state index is 11.1. The first kappa shape index (κ1) is 33.9. The number of ether oxygens (including phenoxy) is 1. The molecule has 0 spiro atoms. The van der Waals surface area contributed by atoms with Gasteiger partial charge in [-0.2, -0.15) is 6.42 Å². The van der Waals surface area contributed by atoms with Gasteiger partial charge in [-0.25, -0.2) is 0 Å². The molecule has 0 saturated carbocycles. The number of aldehydes is 1. The maximum Gasteiger partial charge on any atom is 2.00 e. The third-order valence-electron chi connectivity index (χ3n) is 3.03. The van der Waals surface area contributed by atoms with Gasteiger partial charge in [-0.05, 0) is 12.3 Å². The molecule has 27 heavy (non-hydrogen) atoms. The molecule has 0 heterocycles. The van der Waals surface area contributed by atoms with E-state index >= 15 is 0 Å². The quantitative estimate of drug-likeness (QED) is 0.281. The Morgan fingerprint density at radius 1 is 1.22 bits per heavy atom. The number of rotatable bonds is 6.